The highest BCUT2D eigenvalue weighted by Crippen LogP contribution is 2.25. The molecule has 0 saturated carbocycles. The van der Waals surface area contributed by atoms with Crippen molar-refractivity contribution in [1.29, 1.82) is 0 Å². The monoisotopic (exact) mass is 347 g/mol. The zero-order valence-corrected chi connectivity index (χ0v) is 13.7. The second kappa shape index (κ2) is 7.61. The van der Waals surface area contributed by atoms with Crippen LogP contribution in [-0.2, 0) is 9.47 Å². The topological polar surface area (TPSA) is 85.2 Å². The van der Waals surface area contributed by atoms with E-state index in [0.717, 1.165) is 0 Å². The first-order valence-corrected chi connectivity index (χ1v) is 7.17. The van der Waals surface area contributed by atoms with Crippen molar-refractivity contribution in [3.8, 4) is 5.75 Å². The van der Waals surface area contributed by atoms with Crippen LogP contribution in [0.25, 0.3) is 0 Å². The van der Waals surface area contributed by atoms with Crippen LogP contribution in [0.5, 0.6) is 5.75 Å². The Hall–Kier alpha value is -2.86. The Balaban J connectivity index is 2.49. The van der Waals surface area contributed by atoms with Crippen LogP contribution in [-0.4, -0.2) is 37.5 Å². The molecule has 2 rings (SSSR count). The number of phenolic OH excluding ortho intramolecular Hbond substituents is 1. The molecule has 2 aromatic rings. The molecular weight excluding hydrogens is 334 g/mol. The first-order chi connectivity index (χ1) is 11.5. The van der Waals surface area contributed by atoms with Gasteiger partial charge in [-0.15, -0.1) is 0 Å². The Labute approximate surface area is 143 Å². The molecule has 0 radical (unpaired) electrons. The Morgan fingerprint density at radius 3 is 2.46 bits per heavy atom. The zero-order valence-electron chi connectivity index (χ0n) is 12.9. The Morgan fingerprint density at radius 1 is 1.08 bits per heavy atom. The van der Waals surface area contributed by atoms with Crippen molar-refractivity contribution in [3.05, 3.63) is 58.1 Å². The van der Waals surface area contributed by atoms with Crippen LogP contribution in [0.15, 0.2) is 41.4 Å². The number of hydrogen-bond acceptors (Lipinski definition) is 6. The maximum Gasteiger partial charge on any atom is 0.340 e. The van der Waals surface area contributed by atoms with Crippen molar-refractivity contribution in [3.63, 3.8) is 0 Å². The number of esters is 2. The molecule has 0 aromatic heterocycles. The number of methoxy groups -OCH3 is 2. The number of aromatic hydroxyl groups is 1. The number of ether oxygens (including phenoxy) is 2. The average Bonchev–Trinajstić information content (AvgIpc) is 2.60. The standard InChI is InChI=1S/C17H14ClNO5/c1-23-16(21)10-3-5-13(17(22)24-2)14(8-10)19-9-11-7-12(18)4-6-15(11)20/h3-9,20H,1-2H3. The summed E-state index contributed by atoms with van der Waals surface area (Å²) in [5.74, 6) is -1.19. The number of rotatable bonds is 4. The molecule has 0 heterocycles. The molecule has 0 aliphatic heterocycles. The molecule has 7 heteroatoms. The van der Waals surface area contributed by atoms with Gasteiger partial charge in [-0.1, -0.05) is 11.6 Å². The summed E-state index contributed by atoms with van der Waals surface area (Å²) in [6.45, 7) is 0. The lowest BCUT2D eigenvalue weighted by Gasteiger charge is -2.06. The molecule has 0 spiro atoms. The Morgan fingerprint density at radius 2 is 1.79 bits per heavy atom. The van der Waals surface area contributed by atoms with E-state index in [9.17, 15) is 14.7 Å². The van der Waals surface area contributed by atoms with Gasteiger partial charge in [0.1, 0.15) is 5.75 Å². The van der Waals surface area contributed by atoms with Gasteiger partial charge in [-0.2, -0.15) is 0 Å². The van der Waals surface area contributed by atoms with Crippen LogP contribution < -0.4 is 0 Å². The van der Waals surface area contributed by atoms with Crippen molar-refractivity contribution in [1.82, 2.24) is 0 Å². The highest BCUT2D eigenvalue weighted by Gasteiger charge is 2.15. The third-order valence-electron chi connectivity index (χ3n) is 3.16. The van der Waals surface area contributed by atoms with Crippen molar-refractivity contribution in [2.45, 2.75) is 0 Å². The van der Waals surface area contributed by atoms with E-state index in [4.69, 9.17) is 16.3 Å². The van der Waals surface area contributed by atoms with Gasteiger partial charge in [-0.25, -0.2) is 9.59 Å². The minimum absolute atomic E-state index is 0.0214. The lowest BCUT2D eigenvalue weighted by Crippen LogP contribution is -2.05. The molecule has 2 aromatic carbocycles. The number of nitrogens with zero attached hydrogens (tertiary/aromatic N) is 1. The van der Waals surface area contributed by atoms with Crippen LogP contribution in [0.4, 0.5) is 5.69 Å². The van der Waals surface area contributed by atoms with Gasteiger partial charge in [0.25, 0.3) is 0 Å². The number of halogens is 1. The van der Waals surface area contributed by atoms with E-state index in [0.29, 0.717) is 10.6 Å². The van der Waals surface area contributed by atoms with Crippen LogP contribution in [0.3, 0.4) is 0 Å². The summed E-state index contributed by atoms with van der Waals surface area (Å²) in [5, 5.41) is 10.2. The van der Waals surface area contributed by atoms with Crippen molar-refractivity contribution in [2.75, 3.05) is 14.2 Å². The SMILES string of the molecule is COC(=O)c1ccc(C(=O)OC)c(N=Cc2cc(Cl)ccc2O)c1. The molecule has 1 N–H and O–H groups in total. The number of carbonyl (C=O) groups is 2. The van der Waals surface area contributed by atoms with E-state index in [1.807, 2.05) is 0 Å². The lowest BCUT2D eigenvalue weighted by atomic mass is 10.1. The summed E-state index contributed by atoms with van der Waals surface area (Å²) in [5.41, 5.74) is 0.960. The van der Waals surface area contributed by atoms with E-state index in [1.54, 1.807) is 0 Å². The van der Waals surface area contributed by atoms with Gasteiger partial charge < -0.3 is 14.6 Å². The van der Waals surface area contributed by atoms with E-state index in [1.165, 1.54) is 56.8 Å². The van der Waals surface area contributed by atoms with E-state index in [2.05, 4.69) is 9.73 Å². The van der Waals surface area contributed by atoms with Crippen LogP contribution >= 0.6 is 11.6 Å². The highest BCUT2D eigenvalue weighted by molar-refractivity contribution is 6.30. The minimum atomic E-state index is -0.603. The second-order valence-electron chi connectivity index (χ2n) is 4.68. The fourth-order valence-electron chi connectivity index (χ4n) is 1.93. The summed E-state index contributed by atoms with van der Waals surface area (Å²) in [6, 6.07) is 8.73. The molecule has 0 saturated heterocycles. The minimum Gasteiger partial charge on any atom is -0.507 e. The van der Waals surface area contributed by atoms with Gasteiger partial charge in [-0.3, -0.25) is 4.99 Å². The van der Waals surface area contributed by atoms with Crippen LogP contribution in [0.2, 0.25) is 5.02 Å². The molecule has 0 fully saturated rings. The van der Waals surface area contributed by atoms with Crippen LogP contribution in [0, 0.1) is 0 Å². The van der Waals surface area contributed by atoms with E-state index < -0.39 is 11.9 Å². The number of carbonyl (C=O) groups excluding carboxylic acids is 2. The molecule has 0 amide bonds. The third kappa shape index (κ3) is 3.91. The van der Waals surface area contributed by atoms with Gasteiger partial charge in [0.05, 0.1) is 31.0 Å². The molecule has 0 bridgehead atoms. The molecule has 0 aliphatic carbocycles. The summed E-state index contributed by atoms with van der Waals surface area (Å²) < 4.78 is 9.35. The van der Waals surface area contributed by atoms with Gasteiger partial charge in [0, 0.05) is 16.8 Å². The molecule has 6 nitrogen and oxygen atoms in total. The number of aliphatic imine (C=N–C) groups is 1. The maximum absolute atomic E-state index is 11.8. The normalized spacial score (nSPS) is 10.6. The molecule has 24 heavy (non-hydrogen) atoms. The molecule has 0 aliphatic rings. The van der Waals surface area contributed by atoms with Gasteiger partial charge >= 0.3 is 11.9 Å². The van der Waals surface area contributed by atoms with Crippen molar-refractivity contribution in [2.24, 2.45) is 4.99 Å². The van der Waals surface area contributed by atoms with E-state index in [-0.39, 0.29) is 22.6 Å². The molecule has 0 unspecified atom stereocenters. The fourth-order valence-corrected chi connectivity index (χ4v) is 2.11. The van der Waals surface area contributed by atoms with Crippen molar-refractivity contribution < 1.29 is 24.2 Å². The quantitative estimate of drug-likeness (QED) is 0.677. The lowest BCUT2D eigenvalue weighted by molar-refractivity contribution is 0.0587. The maximum atomic E-state index is 11.8. The second-order valence-corrected chi connectivity index (χ2v) is 5.11. The smallest absolute Gasteiger partial charge is 0.340 e. The fraction of sp³-hybridized carbons (Fsp3) is 0.118. The average molecular weight is 348 g/mol. The van der Waals surface area contributed by atoms with Gasteiger partial charge in [-0.05, 0) is 36.4 Å². The first kappa shape index (κ1) is 17.5. The number of hydrogen-bond donors (Lipinski definition) is 1. The molecule has 0 atom stereocenters. The zero-order chi connectivity index (χ0) is 17.7. The number of phenols is 1. The summed E-state index contributed by atoms with van der Waals surface area (Å²) in [6.07, 6.45) is 1.34. The third-order valence-corrected chi connectivity index (χ3v) is 3.39. The Kier molecular flexibility index (Phi) is 5.55. The predicted molar refractivity (Wildman–Crippen MR) is 89.5 cm³/mol. The van der Waals surface area contributed by atoms with Crippen LogP contribution in [0.1, 0.15) is 26.3 Å². The van der Waals surface area contributed by atoms with E-state index >= 15 is 0 Å². The summed E-state index contributed by atoms with van der Waals surface area (Å²) >= 11 is 5.88. The first-order valence-electron chi connectivity index (χ1n) is 6.79. The molecule has 124 valence electrons. The summed E-state index contributed by atoms with van der Waals surface area (Å²) in [7, 11) is 2.50. The Bertz CT molecular complexity index is 817. The highest BCUT2D eigenvalue weighted by atomic mass is 35.5. The van der Waals surface area contributed by atoms with Gasteiger partial charge in [0.2, 0.25) is 0 Å². The largest absolute Gasteiger partial charge is 0.507 e. The number of benzene rings is 2. The summed E-state index contributed by atoms with van der Waals surface area (Å²) in [4.78, 5) is 27.6. The van der Waals surface area contributed by atoms with Gasteiger partial charge in [0.15, 0.2) is 0 Å². The molecular formula is C17H14ClNO5. The van der Waals surface area contributed by atoms with Crippen molar-refractivity contribution >= 4 is 35.4 Å². The predicted octanol–water partition coefficient (Wildman–Crippen LogP) is 3.37.